The SMILES string of the molecule is FC(F)(F)c1cc(-c2ccccn2)n[nH]1.FC(F)(F)c1cc(-c2ccccn2)n[nH]1.O=P([O-])(c1ccccc1)c1ccccc1Cc1ccc(F)cc1F.O=P([O-])(c1ccccc1)c1ccccc1Cc1ccc(F)cc1F.O=P([O-])(c1ccccc1)c1ccccc1Cc1ccc(F)cc1F.[Ir+3]. The van der Waals surface area contributed by atoms with Gasteiger partial charge in [0.05, 0.1) is 33.5 Å². The Morgan fingerprint density at radius 1 is 0.311 bits per heavy atom. The van der Waals surface area contributed by atoms with Gasteiger partial charge in [-0.1, -0.05) is 194 Å². The normalized spacial score (nSPS) is 12.8. The number of rotatable bonds is 14. The Morgan fingerprint density at radius 3 is 0.816 bits per heavy atom. The fraction of sp³-hybridized carbons (Fsp3) is 0.0667. The first-order chi connectivity index (χ1) is 48.6. The number of benzene rings is 9. The summed E-state index contributed by atoms with van der Waals surface area (Å²) in [5, 5.41) is 12.0. The summed E-state index contributed by atoms with van der Waals surface area (Å²) in [6, 6.07) is 65.5. The molecule has 28 heteroatoms. The van der Waals surface area contributed by atoms with Gasteiger partial charge in [-0.15, -0.1) is 0 Å². The molecule has 103 heavy (non-hydrogen) atoms. The van der Waals surface area contributed by atoms with Crippen molar-refractivity contribution in [2.45, 2.75) is 31.6 Å². The van der Waals surface area contributed by atoms with Crippen LogP contribution in [0.15, 0.2) is 279 Å². The topological polar surface area (TPSA) is 204 Å². The minimum Gasteiger partial charge on any atom is -0.793 e. The first-order valence-electron chi connectivity index (χ1n) is 30.3. The van der Waals surface area contributed by atoms with Crippen LogP contribution >= 0.6 is 22.1 Å². The van der Waals surface area contributed by atoms with Crippen LogP contribution in [-0.4, -0.2) is 30.4 Å². The molecule has 13 aromatic rings. The van der Waals surface area contributed by atoms with Crippen molar-refractivity contribution in [1.82, 2.24) is 30.4 Å². The van der Waals surface area contributed by atoms with Gasteiger partial charge in [-0.2, -0.15) is 36.5 Å². The van der Waals surface area contributed by atoms with E-state index in [9.17, 15) is 81.1 Å². The number of alkyl halides is 6. The fourth-order valence-corrected chi connectivity index (χ4v) is 14.9. The number of hydrogen-bond donors (Lipinski definition) is 2. The number of H-pyrrole nitrogens is 2. The predicted molar refractivity (Wildman–Crippen MR) is 360 cm³/mol. The molecule has 2 N–H and O–H groups in total. The molecule has 0 aliphatic carbocycles. The van der Waals surface area contributed by atoms with Crippen molar-refractivity contribution in [3.05, 3.63) is 359 Å². The Balaban J connectivity index is 0.000000165. The first-order valence-corrected chi connectivity index (χ1v) is 35.2. The van der Waals surface area contributed by atoms with Gasteiger partial charge in [0.2, 0.25) is 0 Å². The summed E-state index contributed by atoms with van der Waals surface area (Å²) in [6.45, 7) is 0. The molecule has 3 atom stereocenters. The van der Waals surface area contributed by atoms with Crippen LogP contribution in [0.4, 0.5) is 52.7 Å². The summed E-state index contributed by atoms with van der Waals surface area (Å²) in [7, 11) is -12.1. The smallest absolute Gasteiger partial charge is 0.793 e. The van der Waals surface area contributed by atoms with E-state index in [2.05, 4.69) is 20.2 Å². The number of pyridine rings is 2. The Labute approximate surface area is 595 Å². The maximum absolute atomic E-state index is 13.9. The number of nitrogens with one attached hydrogen (secondary N) is 2. The van der Waals surface area contributed by atoms with E-state index in [4.69, 9.17) is 0 Å². The van der Waals surface area contributed by atoms with Gasteiger partial charge in [0.1, 0.15) is 57.7 Å². The van der Waals surface area contributed by atoms with Crippen LogP contribution in [0.1, 0.15) is 44.8 Å². The van der Waals surface area contributed by atoms with Gasteiger partial charge in [0.15, 0.2) is 0 Å². The quantitative estimate of drug-likeness (QED) is 0.0779. The zero-order valence-corrected chi connectivity index (χ0v) is 58.2. The maximum atomic E-state index is 13.9. The predicted octanol–water partition coefficient (Wildman–Crippen LogP) is 14.4. The molecule has 0 fully saturated rings. The molecule has 12 nitrogen and oxygen atoms in total. The van der Waals surface area contributed by atoms with E-state index in [0.29, 0.717) is 28.1 Å². The third-order valence-corrected chi connectivity index (χ3v) is 21.2. The molecule has 0 spiro atoms. The Morgan fingerprint density at radius 2 is 0.573 bits per heavy atom. The van der Waals surface area contributed by atoms with Crippen LogP contribution in [-0.2, 0) is 65.4 Å². The molecule has 0 amide bonds. The molecule has 9 aromatic carbocycles. The van der Waals surface area contributed by atoms with Gasteiger partial charge in [-0.25, -0.2) is 26.3 Å². The largest absolute Gasteiger partial charge is 3.00 e. The average molecular weight is 1650 g/mol. The minimum atomic E-state index is -4.40. The fourth-order valence-electron chi connectivity index (χ4n) is 9.97. The van der Waals surface area contributed by atoms with Crippen LogP contribution in [0.3, 0.4) is 0 Å². The maximum Gasteiger partial charge on any atom is 3.00 e. The molecule has 0 bridgehead atoms. The number of hydrogen-bond acceptors (Lipinski definition) is 10. The Bertz CT molecular complexity index is 4640. The molecule has 0 radical (unpaired) electrons. The first kappa shape index (κ1) is 78.8. The minimum absolute atomic E-state index is 0. The van der Waals surface area contributed by atoms with Crippen molar-refractivity contribution < 1.29 is 101 Å². The molecular formula is C75H54F12IrN6O6P3. The summed E-state index contributed by atoms with van der Waals surface area (Å²) >= 11 is 0. The average Bonchev–Trinajstić information content (AvgIpc) is 1.61. The van der Waals surface area contributed by atoms with Crippen LogP contribution in [0, 0.1) is 34.9 Å². The van der Waals surface area contributed by atoms with Gasteiger partial charge in [-0.3, -0.25) is 20.2 Å². The number of halogens is 12. The molecule has 4 heterocycles. The van der Waals surface area contributed by atoms with E-state index in [1.807, 2.05) is 10.2 Å². The monoisotopic (exact) mass is 1650 g/mol. The van der Waals surface area contributed by atoms with Gasteiger partial charge < -0.3 is 28.4 Å². The van der Waals surface area contributed by atoms with E-state index in [0.717, 1.165) is 48.5 Å². The third-order valence-electron chi connectivity index (χ3n) is 15.0. The molecular weight excluding hydrogens is 1590 g/mol. The second-order valence-corrected chi connectivity index (χ2v) is 28.3. The van der Waals surface area contributed by atoms with Crippen LogP contribution < -0.4 is 46.5 Å². The van der Waals surface area contributed by atoms with Crippen molar-refractivity contribution >= 4 is 53.9 Å². The van der Waals surface area contributed by atoms with Crippen molar-refractivity contribution in [3.63, 3.8) is 0 Å². The number of aromatic amines is 2. The third kappa shape index (κ3) is 21.1. The van der Waals surface area contributed by atoms with Crippen molar-refractivity contribution in [2.24, 2.45) is 0 Å². The van der Waals surface area contributed by atoms with Crippen LogP contribution in [0.5, 0.6) is 0 Å². The summed E-state index contributed by atoms with van der Waals surface area (Å²) in [5.74, 6) is -4.06. The summed E-state index contributed by atoms with van der Waals surface area (Å²) in [6.07, 6.45) is -5.60. The van der Waals surface area contributed by atoms with Gasteiger partial charge in [0.25, 0.3) is 0 Å². The van der Waals surface area contributed by atoms with Crippen molar-refractivity contribution in [1.29, 1.82) is 0 Å². The molecule has 0 saturated carbocycles. The zero-order valence-electron chi connectivity index (χ0n) is 53.1. The molecule has 0 aliphatic heterocycles. The van der Waals surface area contributed by atoms with E-state index in [1.54, 1.807) is 146 Å². The Kier molecular flexibility index (Phi) is 27.0. The standard InChI is InChI=1S/3C19H15F2O2P.2C9H6F3N3.Ir/c3*20-16-11-10-14(18(21)13-16)12-15-6-4-5-9-19(15)24(22,23)17-7-2-1-3-8-17;2*10-9(11,12)8-5-7(14-15-8)6-3-1-2-4-13-6;/h3*1-11,13H,12H2,(H,22,23);2*1-5H,(H,14,15);/q;;;;;+3/p-3. The molecule has 0 aliphatic rings. The second-order valence-electron chi connectivity index (χ2n) is 22.0. The summed E-state index contributed by atoms with van der Waals surface area (Å²) < 4.78 is 193. The second kappa shape index (κ2) is 35.3. The summed E-state index contributed by atoms with van der Waals surface area (Å²) in [4.78, 5) is 46.4. The Hall–Kier alpha value is -9.92. The molecule has 13 rings (SSSR count). The number of nitrogens with zero attached hydrogens (tertiary/aromatic N) is 4. The molecule has 0 saturated heterocycles. The van der Waals surface area contributed by atoms with E-state index < -0.39 is 80.8 Å². The van der Waals surface area contributed by atoms with E-state index in [1.165, 1.54) is 85.2 Å². The molecule has 3 unspecified atom stereocenters. The summed E-state index contributed by atoms with van der Waals surface area (Å²) in [5.41, 5.74) is 1.61. The molecule has 528 valence electrons. The van der Waals surface area contributed by atoms with Crippen molar-refractivity contribution in [2.75, 3.05) is 0 Å². The van der Waals surface area contributed by atoms with Crippen LogP contribution in [0.25, 0.3) is 22.8 Å². The van der Waals surface area contributed by atoms with E-state index >= 15 is 0 Å². The molecule has 4 aromatic heterocycles. The van der Waals surface area contributed by atoms with Gasteiger partial charge in [0, 0.05) is 81.7 Å². The van der Waals surface area contributed by atoms with Gasteiger partial charge >= 0.3 is 32.5 Å². The zero-order chi connectivity index (χ0) is 73.2. The van der Waals surface area contributed by atoms with Crippen LogP contribution in [0.2, 0.25) is 0 Å². The number of aromatic nitrogens is 6. The van der Waals surface area contributed by atoms with Crippen molar-refractivity contribution in [3.8, 4) is 22.8 Å². The van der Waals surface area contributed by atoms with Gasteiger partial charge in [-0.05, 0) is 88.0 Å². The van der Waals surface area contributed by atoms with E-state index in [-0.39, 0.29) is 99.3 Å².